The Morgan fingerprint density at radius 3 is 2.62 bits per heavy atom. The summed E-state index contributed by atoms with van der Waals surface area (Å²) in [6, 6.07) is 9.34. The normalized spacial score (nSPS) is 9.31. The average Bonchev–Trinajstić information content (AvgIpc) is 2.18. The van der Waals surface area contributed by atoms with Crippen molar-refractivity contribution in [1.82, 2.24) is 4.98 Å². The van der Waals surface area contributed by atoms with Crippen LogP contribution < -0.4 is 5.56 Å². The standard InChI is InChI=1S/C11H11NO2.2ClH/c1-14-7-10-9-5-3-2-4-8(9)6-11(13)12-10;;/h2-6H,7H2,1H3,(H,12,13);2*1H. The third-order valence-electron chi connectivity index (χ3n) is 2.14. The summed E-state index contributed by atoms with van der Waals surface area (Å²) in [7, 11) is 1.61. The smallest absolute Gasteiger partial charge is 0.248 e. The van der Waals surface area contributed by atoms with Crippen LogP contribution in [0, 0.1) is 0 Å². The zero-order valence-electron chi connectivity index (χ0n) is 8.73. The molecule has 0 spiro atoms. The Kier molecular flexibility index (Phi) is 6.11. The number of hydrogen-bond donors (Lipinski definition) is 1. The molecule has 0 amide bonds. The second-order valence-electron chi connectivity index (χ2n) is 3.13. The second kappa shape index (κ2) is 6.53. The molecule has 3 nitrogen and oxygen atoms in total. The fourth-order valence-electron chi connectivity index (χ4n) is 1.55. The Hall–Kier alpha value is -1.03. The fourth-order valence-corrected chi connectivity index (χ4v) is 1.55. The molecule has 1 aromatic carbocycles. The first kappa shape index (κ1) is 15.0. The first-order valence-electron chi connectivity index (χ1n) is 4.41. The molecule has 16 heavy (non-hydrogen) atoms. The van der Waals surface area contributed by atoms with Crippen LogP contribution in [0.5, 0.6) is 0 Å². The van der Waals surface area contributed by atoms with Crippen molar-refractivity contribution in [1.29, 1.82) is 0 Å². The van der Waals surface area contributed by atoms with Gasteiger partial charge in [0.05, 0.1) is 12.3 Å². The van der Waals surface area contributed by atoms with Crippen molar-refractivity contribution in [3.05, 3.63) is 46.4 Å². The van der Waals surface area contributed by atoms with E-state index in [1.807, 2.05) is 24.3 Å². The van der Waals surface area contributed by atoms with Gasteiger partial charge < -0.3 is 9.72 Å². The van der Waals surface area contributed by atoms with Crippen molar-refractivity contribution < 1.29 is 4.74 Å². The molecule has 0 saturated carbocycles. The van der Waals surface area contributed by atoms with Gasteiger partial charge in [0, 0.05) is 18.6 Å². The van der Waals surface area contributed by atoms with Gasteiger partial charge in [0.25, 0.3) is 0 Å². The number of aromatic nitrogens is 1. The predicted molar refractivity (Wildman–Crippen MR) is 69.8 cm³/mol. The Bertz CT molecular complexity index is 511. The molecule has 0 bridgehead atoms. The number of pyridine rings is 1. The quantitative estimate of drug-likeness (QED) is 0.903. The number of rotatable bonds is 2. The van der Waals surface area contributed by atoms with E-state index in [2.05, 4.69) is 4.98 Å². The van der Waals surface area contributed by atoms with Gasteiger partial charge in [-0.15, -0.1) is 24.8 Å². The van der Waals surface area contributed by atoms with E-state index in [1.165, 1.54) is 0 Å². The van der Waals surface area contributed by atoms with Gasteiger partial charge in [-0.3, -0.25) is 4.79 Å². The number of ether oxygens (including phenoxy) is 1. The van der Waals surface area contributed by atoms with Gasteiger partial charge in [0.2, 0.25) is 5.56 Å². The minimum atomic E-state index is -0.0873. The predicted octanol–water partition coefficient (Wildman–Crippen LogP) is 2.52. The van der Waals surface area contributed by atoms with E-state index in [0.717, 1.165) is 16.5 Å². The molecule has 2 aromatic rings. The monoisotopic (exact) mass is 261 g/mol. The third kappa shape index (κ3) is 2.98. The molecular formula is C11H13Cl2NO2. The van der Waals surface area contributed by atoms with Crippen LogP contribution in [0.3, 0.4) is 0 Å². The first-order valence-corrected chi connectivity index (χ1v) is 4.41. The molecule has 1 heterocycles. The maximum atomic E-state index is 11.3. The summed E-state index contributed by atoms with van der Waals surface area (Å²) >= 11 is 0. The number of benzene rings is 1. The van der Waals surface area contributed by atoms with Crippen LogP contribution in [0.1, 0.15) is 5.69 Å². The van der Waals surface area contributed by atoms with E-state index >= 15 is 0 Å². The summed E-state index contributed by atoms with van der Waals surface area (Å²) in [5.74, 6) is 0. The van der Waals surface area contributed by atoms with Crippen molar-refractivity contribution in [2.75, 3.05) is 7.11 Å². The Balaban J connectivity index is 0.00000112. The highest BCUT2D eigenvalue weighted by Crippen LogP contribution is 2.14. The van der Waals surface area contributed by atoms with Crippen LogP contribution >= 0.6 is 24.8 Å². The van der Waals surface area contributed by atoms with E-state index < -0.39 is 0 Å². The summed E-state index contributed by atoms with van der Waals surface area (Å²) in [4.78, 5) is 14.0. The lowest BCUT2D eigenvalue weighted by molar-refractivity contribution is 0.182. The summed E-state index contributed by atoms with van der Waals surface area (Å²) in [6.45, 7) is 0.427. The highest BCUT2D eigenvalue weighted by atomic mass is 35.5. The lowest BCUT2D eigenvalue weighted by Gasteiger charge is -2.04. The summed E-state index contributed by atoms with van der Waals surface area (Å²) < 4.78 is 5.02. The molecular weight excluding hydrogens is 249 g/mol. The van der Waals surface area contributed by atoms with Crippen LogP contribution in [0.15, 0.2) is 35.1 Å². The lowest BCUT2D eigenvalue weighted by atomic mass is 10.1. The van der Waals surface area contributed by atoms with Crippen molar-refractivity contribution in [2.45, 2.75) is 6.61 Å². The van der Waals surface area contributed by atoms with Gasteiger partial charge in [0.1, 0.15) is 0 Å². The number of fused-ring (bicyclic) bond motifs is 1. The van der Waals surface area contributed by atoms with Gasteiger partial charge in [0.15, 0.2) is 0 Å². The van der Waals surface area contributed by atoms with E-state index in [0.29, 0.717) is 6.61 Å². The Morgan fingerprint density at radius 1 is 1.25 bits per heavy atom. The Morgan fingerprint density at radius 2 is 1.94 bits per heavy atom. The van der Waals surface area contributed by atoms with Gasteiger partial charge in [-0.1, -0.05) is 24.3 Å². The molecule has 0 aliphatic carbocycles. The van der Waals surface area contributed by atoms with Gasteiger partial charge in [-0.05, 0) is 5.39 Å². The molecule has 0 unspecified atom stereocenters. The van der Waals surface area contributed by atoms with Crippen molar-refractivity contribution in [2.24, 2.45) is 0 Å². The maximum absolute atomic E-state index is 11.3. The van der Waals surface area contributed by atoms with Crippen LogP contribution in [0.4, 0.5) is 0 Å². The van der Waals surface area contributed by atoms with Crippen LogP contribution in [0.25, 0.3) is 10.8 Å². The molecule has 5 heteroatoms. The zero-order valence-corrected chi connectivity index (χ0v) is 10.4. The number of halogens is 2. The summed E-state index contributed by atoms with van der Waals surface area (Å²) in [5.41, 5.74) is 0.742. The fraction of sp³-hybridized carbons (Fsp3) is 0.182. The molecule has 0 aliphatic rings. The number of aromatic amines is 1. The molecule has 88 valence electrons. The largest absolute Gasteiger partial charge is 0.378 e. The number of nitrogens with one attached hydrogen (secondary N) is 1. The lowest BCUT2D eigenvalue weighted by Crippen LogP contribution is -2.08. The second-order valence-corrected chi connectivity index (χ2v) is 3.13. The molecule has 1 N–H and O–H groups in total. The van der Waals surface area contributed by atoms with Gasteiger partial charge >= 0.3 is 0 Å². The molecule has 1 aromatic heterocycles. The van der Waals surface area contributed by atoms with Crippen LogP contribution in [0.2, 0.25) is 0 Å². The highest BCUT2D eigenvalue weighted by Gasteiger charge is 2.01. The Labute approximate surface area is 106 Å². The molecule has 0 radical (unpaired) electrons. The van der Waals surface area contributed by atoms with Crippen molar-refractivity contribution in [3.63, 3.8) is 0 Å². The molecule has 0 atom stereocenters. The van der Waals surface area contributed by atoms with Crippen LogP contribution in [-0.4, -0.2) is 12.1 Å². The third-order valence-corrected chi connectivity index (χ3v) is 2.14. The van der Waals surface area contributed by atoms with Gasteiger partial charge in [-0.2, -0.15) is 0 Å². The first-order chi connectivity index (χ1) is 6.81. The minimum Gasteiger partial charge on any atom is -0.378 e. The average molecular weight is 262 g/mol. The maximum Gasteiger partial charge on any atom is 0.248 e. The van der Waals surface area contributed by atoms with Crippen molar-refractivity contribution in [3.8, 4) is 0 Å². The van der Waals surface area contributed by atoms with E-state index in [1.54, 1.807) is 13.2 Å². The number of H-pyrrole nitrogens is 1. The van der Waals surface area contributed by atoms with E-state index in [-0.39, 0.29) is 30.4 Å². The number of methoxy groups -OCH3 is 1. The van der Waals surface area contributed by atoms with Gasteiger partial charge in [-0.25, -0.2) is 0 Å². The minimum absolute atomic E-state index is 0. The zero-order chi connectivity index (χ0) is 9.97. The highest BCUT2D eigenvalue weighted by molar-refractivity contribution is 5.85. The molecule has 0 aliphatic heterocycles. The van der Waals surface area contributed by atoms with E-state index in [9.17, 15) is 4.79 Å². The summed E-state index contributed by atoms with van der Waals surface area (Å²) in [5, 5.41) is 1.98. The molecule has 0 saturated heterocycles. The van der Waals surface area contributed by atoms with Crippen molar-refractivity contribution >= 4 is 35.6 Å². The molecule has 2 rings (SSSR count). The SMILES string of the molecule is COCc1[nH]c(=O)cc2ccccc12.Cl.Cl. The summed E-state index contributed by atoms with van der Waals surface area (Å²) in [6.07, 6.45) is 0. The number of hydrogen-bond acceptors (Lipinski definition) is 2. The molecule has 0 fully saturated rings. The van der Waals surface area contributed by atoms with E-state index in [4.69, 9.17) is 4.74 Å². The van der Waals surface area contributed by atoms with Crippen LogP contribution in [-0.2, 0) is 11.3 Å². The topological polar surface area (TPSA) is 42.1 Å².